The molecule has 0 aliphatic carbocycles. The highest BCUT2D eigenvalue weighted by atomic mass is 32.2. The average molecular weight is 435 g/mol. The molecular weight excluding hydrogens is 408 g/mol. The minimum atomic E-state index is -3.80. The Morgan fingerprint density at radius 3 is 2.83 bits per heavy atom. The first-order valence-electron chi connectivity index (χ1n) is 9.82. The van der Waals surface area contributed by atoms with Crippen molar-refractivity contribution < 1.29 is 27.6 Å². The third kappa shape index (κ3) is 4.51. The molecule has 30 heavy (non-hydrogen) atoms. The van der Waals surface area contributed by atoms with Crippen molar-refractivity contribution in [3.63, 3.8) is 0 Å². The third-order valence-electron chi connectivity index (χ3n) is 5.73. The highest BCUT2D eigenvalue weighted by Gasteiger charge is 2.45. The van der Waals surface area contributed by atoms with E-state index in [0.29, 0.717) is 30.7 Å². The van der Waals surface area contributed by atoms with E-state index in [1.165, 1.54) is 11.8 Å². The molecule has 1 aromatic rings. The minimum Gasteiger partial charge on any atom is -0.350 e. The lowest BCUT2D eigenvalue weighted by molar-refractivity contribution is -0.201. The normalized spacial score (nSPS) is 20.9. The first kappa shape index (κ1) is 22.3. The number of carbonyl (C=O) groups excluding carboxylic acids is 2. The number of fused-ring (bicyclic) bond motifs is 1. The number of benzene rings is 1. The Labute approximate surface area is 176 Å². The molecule has 2 atom stereocenters. The van der Waals surface area contributed by atoms with E-state index in [9.17, 15) is 18.0 Å². The van der Waals surface area contributed by atoms with Crippen LogP contribution in [0, 0.1) is 12.3 Å². The second kappa shape index (κ2) is 8.76. The van der Waals surface area contributed by atoms with Gasteiger partial charge in [-0.05, 0) is 49.9 Å². The summed E-state index contributed by atoms with van der Waals surface area (Å²) in [5.74, 6) is 1.54. The molecule has 2 aliphatic rings. The monoisotopic (exact) mass is 434 g/mol. The van der Waals surface area contributed by atoms with E-state index in [1.54, 1.807) is 18.2 Å². The number of nitrogens with one attached hydrogen (secondary N) is 1. The highest BCUT2D eigenvalue weighted by Crippen LogP contribution is 2.27. The van der Waals surface area contributed by atoms with Crippen molar-refractivity contribution in [2.24, 2.45) is 0 Å². The zero-order valence-electron chi connectivity index (χ0n) is 17.1. The third-order valence-corrected chi connectivity index (χ3v) is 7.76. The highest BCUT2D eigenvalue weighted by molar-refractivity contribution is 7.92. The molecule has 2 amide bonds. The summed E-state index contributed by atoms with van der Waals surface area (Å²) in [6.45, 7) is 2.28. The van der Waals surface area contributed by atoms with Crippen LogP contribution in [-0.4, -0.2) is 55.6 Å². The summed E-state index contributed by atoms with van der Waals surface area (Å²) in [6, 6.07) is 5.14. The fourth-order valence-corrected chi connectivity index (χ4v) is 4.34. The topological polar surface area (TPSA) is 102 Å². The van der Waals surface area contributed by atoms with Gasteiger partial charge in [0.1, 0.15) is 0 Å². The maximum Gasteiger partial charge on any atom is 0.264 e. The Bertz CT molecular complexity index is 978. The van der Waals surface area contributed by atoms with Crippen LogP contribution in [0.15, 0.2) is 18.2 Å². The van der Waals surface area contributed by atoms with Crippen molar-refractivity contribution in [1.29, 1.82) is 0 Å². The van der Waals surface area contributed by atoms with Gasteiger partial charge < -0.3 is 9.64 Å². The van der Waals surface area contributed by atoms with Gasteiger partial charge in [-0.3, -0.25) is 9.59 Å². The maximum atomic E-state index is 12.7. The van der Waals surface area contributed by atoms with Crippen molar-refractivity contribution in [2.45, 2.75) is 50.2 Å². The second-order valence-corrected chi connectivity index (χ2v) is 10.3. The quantitative estimate of drug-likeness (QED) is 0.514. The number of rotatable bonds is 7. The van der Waals surface area contributed by atoms with Crippen LogP contribution in [0.5, 0.6) is 0 Å². The maximum absolute atomic E-state index is 12.7. The van der Waals surface area contributed by atoms with E-state index in [4.69, 9.17) is 16.0 Å². The Morgan fingerprint density at radius 1 is 1.43 bits per heavy atom. The molecule has 2 aliphatic heterocycles. The Balaban J connectivity index is 1.67. The van der Waals surface area contributed by atoms with Crippen LogP contribution in [0.4, 0.5) is 0 Å². The number of carbonyl (C=O) groups is 2. The predicted octanol–water partition coefficient (Wildman–Crippen LogP) is 1.39. The molecule has 0 radical (unpaired) electrons. The standard InChI is InChI=1S/C21H26N2O6S/c1-4-15-8-9-17-16(13-15)14-23(19(17)24)11-10-21(2,30(3,26)27)20(25)22-29-18-7-5-6-12-28-18/h1,8-9,13,18H,5-7,10-12,14H2,2-3H3,(H,22,25). The summed E-state index contributed by atoms with van der Waals surface area (Å²) >= 11 is 0. The molecule has 0 bridgehead atoms. The van der Waals surface area contributed by atoms with E-state index in [0.717, 1.165) is 24.7 Å². The lowest BCUT2D eigenvalue weighted by atomic mass is 10.1. The van der Waals surface area contributed by atoms with Crippen LogP contribution in [-0.2, 0) is 30.8 Å². The van der Waals surface area contributed by atoms with Gasteiger partial charge >= 0.3 is 0 Å². The molecule has 2 unspecified atom stereocenters. The summed E-state index contributed by atoms with van der Waals surface area (Å²) < 4.78 is 28.5. The van der Waals surface area contributed by atoms with Crippen LogP contribution >= 0.6 is 0 Å². The average Bonchev–Trinajstić information content (AvgIpc) is 3.04. The molecule has 1 N–H and O–H groups in total. The van der Waals surface area contributed by atoms with Gasteiger partial charge in [-0.15, -0.1) is 6.42 Å². The lowest BCUT2D eigenvalue weighted by Gasteiger charge is -2.29. The number of terminal acetylenes is 1. The molecule has 8 nitrogen and oxygen atoms in total. The second-order valence-electron chi connectivity index (χ2n) is 7.84. The molecule has 9 heteroatoms. The molecule has 1 saturated heterocycles. The Hall–Kier alpha value is -2.41. The molecule has 162 valence electrons. The van der Waals surface area contributed by atoms with E-state index < -0.39 is 26.8 Å². The molecule has 1 fully saturated rings. The Morgan fingerprint density at radius 2 is 2.20 bits per heavy atom. The van der Waals surface area contributed by atoms with E-state index in [1.807, 2.05) is 0 Å². The van der Waals surface area contributed by atoms with E-state index in [2.05, 4.69) is 11.4 Å². The molecule has 0 saturated carbocycles. The van der Waals surface area contributed by atoms with Gasteiger partial charge in [0, 0.05) is 43.5 Å². The number of hydrogen-bond donors (Lipinski definition) is 1. The summed E-state index contributed by atoms with van der Waals surface area (Å²) in [5.41, 5.74) is 4.25. The SMILES string of the molecule is C#Cc1ccc2c(c1)CN(CCC(C)(C(=O)NOC1CCCCO1)S(C)(=O)=O)C2=O. The van der Waals surface area contributed by atoms with Gasteiger partial charge in [-0.1, -0.05) is 5.92 Å². The fraction of sp³-hybridized carbons (Fsp3) is 0.524. The number of hydroxylamine groups is 1. The zero-order valence-corrected chi connectivity index (χ0v) is 18.0. The number of hydrogen-bond acceptors (Lipinski definition) is 6. The molecule has 0 spiro atoms. The van der Waals surface area contributed by atoms with Crippen molar-refractivity contribution in [2.75, 3.05) is 19.4 Å². The van der Waals surface area contributed by atoms with Crippen LogP contribution in [0.3, 0.4) is 0 Å². The lowest BCUT2D eigenvalue weighted by Crippen LogP contribution is -2.52. The van der Waals surface area contributed by atoms with Gasteiger partial charge in [-0.25, -0.2) is 18.7 Å². The zero-order chi connectivity index (χ0) is 21.9. The molecule has 2 heterocycles. The van der Waals surface area contributed by atoms with Gasteiger partial charge in [-0.2, -0.15) is 0 Å². The van der Waals surface area contributed by atoms with Crippen LogP contribution in [0.1, 0.15) is 54.1 Å². The first-order valence-corrected chi connectivity index (χ1v) is 11.7. The van der Waals surface area contributed by atoms with Crippen molar-refractivity contribution in [3.05, 3.63) is 34.9 Å². The first-order chi connectivity index (χ1) is 14.2. The van der Waals surface area contributed by atoms with E-state index >= 15 is 0 Å². The van der Waals surface area contributed by atoms with E-state index in [-0.39, 0.29) is 18.9 Å². The molecular formula is C21H26N2O6S. The summed E-state index contributed by atoms with van der Waals surface area (Å²) in [6.07, 6.45) is 8.20. The fourth-order valence-electron chi connectivity index (χ4n) is 3.50. The smallest absolute Gasteiger partial charge is 0.264 e. The van der Waals surface area contributed by atoms with Gasteiger partial charge in [0.15, 0.2) is 20.9 Å². The molecule has 1 aromatic carbocycles. The number of nitrogens with zero attached hydrogens (tertiary/aromatic N) is 1. The number of ether oxygens (including phenoxy) is 1. The van der Waals surface area contributed by atoms with Crippen molar-refractivity contribution in [1.82, 2.24) is 10.4 Å². The van der Waals surface area contributed by atoms with Gasteiger partial charge in [0.2, 0.25) is 0 Å². The Kier molecular flexibility index (Phi) is 6.50. The summed E-state index contributed by atoms with van der Waals surface area (Å²) in [4.78, 5) is 32.2. The number of sulfone groups is 1. The molecule has 0 aromatic heterocycles. The predicted molar refractivity (Wildman–Crippen MR) is 110 cm³/mol. The van der Waals surface area contributed by atoms with Gasteiger partial charge in [0.05, 0.1) is 0 Å². The molecule has 3 rings (SSSR count). The summed E-state index contributed by atoms with van der Waals surface area (Å²) in [7, 11) is -3.80. The summed E-state index contributed by atoms with van der Waals surface area (Å²) in [5, 5.41) is 0. The van der Waals surface area contributed by atoms with Gasteiger partial charge in [0.25, 0.3) is 11.8 Å². The van der Waals surface area contributed by atoms with Crippen LogP contribution < -0.4 is 5.48 Å². The minimum absolute atomic E-state index is 0.0751. The largest absolute Gasteiger partial charge is 0.350 e. The van der Waals surface area contributed by atoms with Crippen molar-refractivity contribution >= 4 is 21.7 Å². The van der Waals surface area contributed by atoms with Crippen LogP contribution in [0.25, 0.3) is 0 Å². The van der Waals surface area contributed by atoms with Crippen LogP contribution in [0.2, 0.25) is 0 Å². The number of amides is 2. The van der Waals surface area contributed by atoms with Crippen molar-refractivity contribution in [3.8, 4) is 12.3 Å².